The van der Waals surface area contributed by atoms with Crippen molar-refractivity contribution in [2.75, 3.05) is 13.7 Å². The molecule has 4 nitrogen and oxygen atoms in total. The molecule has 0 aromatic heterocycles. The van der Waals surface area contributed by atoms with Crippen LogP contribution in [0.15, 0.2) is 0 Å². The molecule has 21 heavy (non-hydrogen) atoms. The van der Waals surface area contributed by atoms with Gasteiger partial charge in [-0.3, -0.25) is 4.79 Å². The predicted molar refractivity (Wildman–Crippen MR) is 84.0 cm³/mol. The van der Waals surface area contributed by atoms with Crippen LogP contribution in [0.1, 0.15) is 77.6 Å². The number of rotatable bonds is 9. The zero-order valence-electron chi connectivity index (χ0n) is 13.7. The van der Waals surface area contributed by atoms with Crippen LogP contribution in [0.4, 0.5) is 0 Å². The van der Waals surface area contributed by atoms with Gasteiger partial charge < -0.3 is 9.64 Å². The van der Waals surface area contributed by atoms with Crippen molar-refractivity contribution in [3.05, 3.63) is 0 Å². The first-order chi connectivity index (χ1) is 10.2. The van der Waals surface area contributed by atoms with Gasteiger partial charge in [0.2, 0.25) is 5.91 Å². The van der Waals surface area contributed by atoms with Gasteiger partial charge in [0.05, 0.1) is 7.11 Å². The number of piperidine rings is 1. The smallest absolute Gasteiger partial charge is 0.328 e. The van der Waals surface area contributed by atoms with Crippen LogP contribution < -0.4 is 0 Å². The Kier molecular flexibility index (Phi) is 9.11. The van der Waals surface area contributed by atoms with Crippen LogP contribution in [-0.2, 0) is 14.3 Å². The summed E-state index contributed by atoms with van der Waals surface area (Å²) in [6.07, 6.45) is 11.7. The monoisotopic (exact) mass is 297 g/mol. The Morgan fingerprint density at radius 1 is 1.05 bits per heavy atom. The highest BCUT2D eigenvalue weighted by Crippen LogP contribution is 2.20. The van der Waals surface area contributed by atoms with Crippen molar-refractivity contribution < 1.29 is 14.3 Å². The molecule has 0 aromatic carbocycles. The first-order valence-electron chi connectivity index (χ1n) is 8.58. The molecule has 1 heterocycles. The van der Waals surface area contributed by atoms with Crippen molar-refractivity contribution in [1.82, 2.24) is 4.90 Å². The molecule has 0 aromatic rings. The van der Waals surface area contributed by atoms with E-state index in [1.165, 1.54) is 39.2 Å². The number of ether oxygens (including phenoxy) is 1. The lowest BCUT2D eigenvalue weighted by atomic mass is 10.0. The topological polar surface area (TPSA) is 46.6 Å². The number of carbonyl (C=O) groups is 2. The van der Waals surface area contributed by atoms with Gasteiger partial charge in [0.25, 0.3) is 0 Å². The summed E-state index contributed by atoms with van der Waals surface area (Å²) in [4.78, 5) is 25.8. The van der Waals surface area contributed by atoms with Gasteiger partial charge in [0.1, 0.15) is 6.04 Å². The Bertz CT molecular complexity index is 317. The summed E-state index contributed by atoms with van der Waals surface area (Å²) in [7, 11) is 1.40. The van der Waals surface area contributed by atoms with E-state index in [0.29, 0.717) is 13.0 Å². The summed E-state index contributed by atoms with van der Waals surface area (Å²) >= 11 is 0. The second-order valence-electron chi connectivity index (χ2n) is 5.99. The Morgan fingerprint density at radius 2 is 1.71 bits per heavy atom. The number of amides is 1. The van der Waals surface area contributed by atoms with Gasteiger partial charge >= 0.3 is 5.97 Å². The predicted octanol–water partition coefficient (Wildman–Crippen LogP) is 3.68. The van der Waals surface area contributed by atoms with Gasteiger partial charge in [0.15, 0.2) is 0 Å². The number of methoxy groups -OCH3 is 1. The summed E-state index contributed by atoms with van der Waals surface area (Å²) in [6, 6.07) is -0.346. The second-order valence-corrected chi connectivity index (χ2v) is 5.99. The van der Waals surface area contributed by atoms with Crippen molar-refractivity contribution >= 4 is 11.9 Å². The molecule has 1 atom stereocenters. The van der Waals surface area contributed by atoms with E-state index < -0.39 is 0 Å². The summed E-state index contributed by atoms with van der Waals surface area (Å²) in [5.41, 5.74) is 0. The van der Waals surface area contributed by atoms with Crippen molar-refractivity contribution in [1.29, 1.82) is 0 Å². The van der Waals surface area contributed by atoms with Gasteiger partial charge in [-0.2, -0.15) is 0 Å². The van der Waals surface area contributed by atoms with E-state index in [2.05, 4.69) is 6.92 Å². The van der Waals surface area contributed by atoms with E-state index in [9.17, 15) is 9.59 Å². The van der Waals surface area contributed by atoms with Crippen molar-refractivity contribution in [3.8, 4) is 0 Å². The fourth-order valence-electron chi connectivity index (χ4n) is 2.99. The second kappa shape index (κ2) is 10.6. The highest BCUT2D eigenvalue weighted by atomic mass is 16.5. The van der Waals surface area contributed by atoms with Crippen LogP contribution in [0.3, 0.4) is 0 Å². The number of unbranched alkanes of at least 4 members (excludes halogenated alkanes) is 6. The van der Waals surface area contributed by atoms with Gasteiger partial charge in [-0.1, -0.05) is 45.4 Å². The van der Waals surface area contributed by atoms with Gasteiger partial charge in [-0.25, -0.2) is 4.79 Å². The van der Waals surface area contributed by atoms with Gasteiger partial charge in [-0.15, -0.1) is 0 Å². The third kappa shape index (κ3) is 6.49. The third-order valence-electron chi connectivity index (χ3n) is 4.29. The molecule has 0 saturated carbocycles. The Morgan fingerprint density at radius 3 is 2.38 bits per heavy atom. The van der Waals surface area contributed by atoms with Gasteiger partial charge in [-0.05, 0) is 25.7 Å². The number of hydrogen-bond acceptors (Lipinski definition) is 3. The average molecular weight is 297 g/mol. The normalized spacial score (nSPS) is 18.6. The molecule has 0 spiro atoms. The molecule has 0 bridgehead atoms. The van der Waals surface area contributed by atoms with Gasteiger partial charge in [0, 0.05) is 13.0 Å². The molecule has 1 saturated heterocycles. The zero-order valence-corrected chi connectivity index (χ0v) is 13.7. The molecule has 0 N–H and O–H groups in total. The van der Waals surface area contributed by atoms with E-state index in [1.807, 2.05) is 0 Å². The molecule has 4 heteroatoms. The number of nitrogens with zero attached hydrogens (tertiary/aromatic N) is 1. The molecule has 1 aliphatic rings. The molecular formula is C17H31NO3. The molecule has 1 rings (SSSR count). The van der Waals surface area contributed by atoms with Crippen molar-refractivity contribution in [2.45, 2.75) is 83.6 Å². The third-order valence-corrected chi connectivity index (χ3v) is 4.29. The number of carbonyl (C=O) groups excluding carboxylic acids is 2. The Balaban J connectivity index is 2.24. The maximum Gasteiger partial charge on any atom is 0.328 e. The largest absolute Gasteiger partial charge is 0.467 e. The summed E-state index contributed by atoms with van der Waals surface area (Å²) in [5, 5.41) is 0. The lowest BCUT2D eigenvalue weighted by Gasteiger charge is -2.33. The molecule has 0 aliphatic carbocycles. The fourth-order valence-corrected chi connectivity index (χ4v) is 2.99. The Hall–Kier alpha value is -1.06. The molecule has 1 fully saturated rings. The molecule has 0 radical (unpaired) electrons. The van der Waals surface area contributed by atoms with E-state index >= 15 is 0 Å². The minimum absolute atomic E-state index is 0.124. The summed E-state index contributed by atoms with van der Waals surface area (Å²) < 4.78 is 4.82. The average Bonchev–Trinajstić information content (AvgIpc) is 2.53. The van der Waals surface area contributed by atoms with Crippen molar-refractivity contribution in [2.24, 2.45) is 0 Å². The van der Waals surface area contributed by atoms with E-state index in [0.717, 1.165) is 32.1 Å². The fraction of sp³-hybridized carbons (Fsp3) is 0.882. The number of hydrogen-bond donors (Lipinski definition) is 0. The standard InChI is InChI=1S/C17H31NO3/c1-3-4-5-6-7-8-9-13-16(19)18-14-11-10-12-15(18)17(20)21-2/h15H,3-14H2,1-2H3. The van der Waals surface area contributed by atoms with Crippen LogP contribution in [0.2, 0.25) is 0 Å². The first kappa shape index (κ1) is 18.0. The minimum atomic E-state index is -0.346. The Labute approximate surface area is 129 Å². The molecule has 1 amide bonds. The van der Waals surface area contributed by atoms with Crippen LogP contribution in [0, 0.1) is 0 Å². The maximum atomic E-state index is 12.3. The lowest BCUT2D eigenvalue weighted by molar-refractivity contribution is -0.154. The number of esters is 1. The van der Waals surface area contributed by atoms with Crippen molar-refractivity contribution in [3.63, 3.8) is 0 Å². The molecule has 1 unspecified atom stereocenters. The minimum Gasteiger partial charge on any atom is -0.467 e. The van der Waals surface area contributed by atoms with Crippen LogP contribution in [-0.4, -0.2) is 36.5 Å². The van der Waals surface area contributed by atoms with E-state index in [-0.39, 0.29) is 17.9 Å². The molecular weight excluding hydrogens is 266 g/mol. The SMILES string of the molecule is CCCCCCCCCC(=O)N1CCCCC1C(=O)OC. The lowest BCUT2D eigenvalue weighted by Crippen LogP contribution is -2.48. The number of likely N-dealkylation sites (tertiary alicyclic amines) is 1. The highest BCUT2D eigenvalue weighted by Gasteiger charge is 2.32. The zero-order chi connectivity index (χ0) is 15.5. The van der Waals surface area contributed by atoms with Crippen LogP contribution in [0.5, 0.6) is 0 Å². The quantitative estimate of drug-likeness (QED) is 0.482. The molecule has 122 valence electrons. The summed E-state index contributed by atoms with van der Waals surface area (Å²) in [5.74, 6) is -0.138. The summed E-state index contributed by atoms with van der Waals surface area (Å²) in [6.45, 7) is 2.92. The first-order valence-corrected chi connectivity index (χ1v) is 8.58. The van der Waals surface area contributed by atoms with Crippen LogP contribution >= 0.6 is 0 Å². The van der Waals surface area contributed by atoms with E-state index in [1.54, 1.807) is 4.90 Å². The highest BCUT2D eigenvalue weighted by molar-refractivity contribution is 5.84. The molecule has 1 aliphatic heterocycles. The van der Waals surface area contributed by atoms with Crippen LogP contribution in [0.25, 0.3) is 0 Å². The maximum absolute atomic E-state index is 12.3. The van der Waals surface area contributed by atoms with E-state index in [4.69, 9.17) is 4.74 Å².